The van der Waals surface area contributed by atoms with Crippen molar-refractivity contribution in [2.75, 3.05) is 48.3 Å². The summed E-state index contributed by atoms with van der Waals surface area (Å²) in [6.07, 6.45) is 7.59. The number of fused-ring (bicyclic) bond motifs is 3. The van der Waals surface area contributed by atoms with E-state index < -0.39 is 12.4 Å². The minimum Gasteiger partial charge on any atom is -0.392 e. The van der Waals surface area contributed by atoms with Crippen LogP contribution in [0.1, 0.15) is 47.1 Å². The highest BCUT2D eigenvalue weighted by molar-refractivity contribution is 6.07. The Kier molecular flexibility index (Phi) is 7.90. The number of aliphatic hydroxyl groups is 1. The van der Waals surface area contributed by atoms with Crippen LogP contribution >= 0.6 is 0 Å². The van der Waals surface area contributed by atoms with Gasteiger partial charge in [-0.25, -0.2) is 9.37 Å². The van der Waals surface area contributed by atoms with Crippen LogP contribution in [-0.4, -0.2) is 69.3 Å². The van der Waals surface area contributed by atoms with Crippen molar-refractivity contribution >= 4 is 28.8 Å². The number of piperazine rings is 1. The zero-order valence-corrected chi connectivity index (χ0v) is 26.6. The summed E-state index contributed by atoms with van der Waals surface area (Å²) in [5.41, 5.74) is 5.79. The molecule has 1 fully saturated rings. The molecule has 2 N–H and O–H groups in total. The maximum Gasteiger partial charge on any atom is 0.274 e. The van der Waals surface area contributed by atoms with E-state index in [0.29, 0.717) is 53.0 Å². The molecule has 1 atom stereocenters. The van der Waals surface area contributed by atoms with Crippen LogP contribution in [0.25, 0.3) is 11.1 Å². The Morgan fingerprint density at radius 2 is 1.85 bits per heavy atom. The number of aromatic nitrogens is 3. The fourth-order valence-electron chi connectivity index (χ4n) is 7.39. The molecule has 11 heteroatoms. The lowest BCUT2D eigenvalue weighted by Gasteiger charge is -2.39. The average Bonchev–Trinajstić information content (AvgIpc) is 3.43. The van der Waals surface area contributed by atoms with Gasteiger partial charge < -0.3 is 34.3 Å². The molecule has 2 aliphatic heterocycles. The Balaban J connectivity index is 1.20. The predicted octanol–water partition coefficient (Wildman–Crippen LogP) is 4.30. The van der Waals surface area contributed by atoms with Crippen LogP contribution in [-0.2, 0) is 33.0 Å². The molecule has 0 spiro atoms. The topological polar surface area (TPSA) is 98.9 Å². The number of likely N-dealkylation sites (N-methyl/N-ethyl adjacent to an activating group) is 1. The van der Waals surface area contributed by atoms with Crippen molar-refractivity contribution in [3.8, 4) is 11.1 Å². The highest BCUT2D eigenvalue weighted by atomic mass is 19.1. The molecule has 0 bridgehead atoms. The number of carbonyl (C=O) groups is 1. The molecule has 46 heavy (non-hydrogen) atoms. The number of hydrogen-bond donors (Lipinski definition) is 2. The van der Waals surface area contributed by atoms with Gasteiger partial charge >= 0.3 is 0 Å². The number of amides is 1. The van der Waals surface area contributed by atoms with E-state index in [1.54, 1.807) is 24.2 Å². The number of hydrogen-bond acceptors (Lipinski definition) is 7. The summed E-state index contributed by atoms with van der Waals surface area (Å²) in [5.74, 6) is -0.226. The first-order valence-corrected chi connectivity index (χ1v) is 16.1. The Hall–Kier alpha value is -4.48. The number of rotatable bonds is 6. The van der Waals surface area contributed by atoms with Gasteiger partial charge in [0.25, 0.3) is 11.5 Å². The third kappa shape index (κ3) is 5.37. The maximum atomic E-state index is 15.3. The summed E-state index contributed by atoms with van der Waals surface area (Å²) in [6, 6.07) is 10.5. The van der Waals surface area contributed by atoms with E-state index in [2.05, 4.69) is 38.6 Å². The molecule has 1 aromatic carbocycles. The van der Waals surface area contributed by atoms with E-state index in [-0.39, 0.29) is 17.2 Å². The Labute approximate surface area is 267 Å². The number of nitrogens with zero attached hydrogens (tertiary/aromatic N) is 6. The fraction of sp³-hybridized carbons (Fsp3) is 0.400. The molecule has 0 radical (unpaired) electrons. The predicted molar refractivity (Wildman–Crippen MR) is 178 cm³/mol. The van der Waals surface area contributed by atoms with Crippen LogP contribution in [0.3, 0.4) is 0 Å². The van der Waals surface area contributed by atoms with Crippen molar-refractivity contribution in [3.63, 3.8) is 0 Å². The van der Waals surface area contributed by atoms with Crippen LogP contribution < -0.4 is 20.7 Å². The number of aryl methyl sites for hydroxylation is 2. The molecule has 240 valence electrons. The van der Waals surface area contributed by atoms with Crippen LogP contribution in [0.2, 0.25) is 0 Å². The van der Waals surface area contributed by atoms with Crippen LogP contribution in [0.5, 0.6) is 0 Å². The second kappa shape index (κ2) is 12.0. The number of aliphatic hydroxyl groups excluding tert-OH is 1. The van der Waals surface area contributed by atoms with Crippen molar-refractivity contribution < 1.29 is 14.3 Å². The summed E-state index contributed by atoms with van der Waals surface area (Å²) >= 11 is 0. The van der Waals surface area contributed by atoms with E-state index in [1.165, 1.54) is 28.0 Å². The van der Waals surface area contributed by atoms with E-state index >= 15 is 4.39 Å². The summed E-state index contributed by atoms with van der Waals surface area (Å²) in [4.78, 5) is 37.8. The summed E-state index contributed by atoms with van der Waals surface area (Å²) in [6.45, 7) is 5.63. The molecule has 4 aromatic rings. The van der Waals surface area contributed by atoms with Gasteiger partial charge in [0.2, 0.25) is 0 Å². The molecule has 1 saturated heterocycles. The quantitative estimate of drug-likeness (QED) is 0.330. The van der Waals surface area contributed by atoms with Gasteiger partial charge in [0.05, 0.1) is 24.2 Å². The first-order valence-electron chi connectivity index (χ1n) is 16.1. The molecular weight excluding hydrogens is 585 g/mol. The number of pyridine rings is 2. The third-order valence-electron chi connectivity index (χ3n) is 9.73. The van der Waals surface area contributed by atoms with Gasteiger partial charge in [-0.15, -0.1) is 0 Å². The molecule has 0 saturated carbocycles. The fourth-order valence-corrected chi connectivity index (χ4v) is 7.39. The van der Waals surface area contributed by atoms with E-state index in [1.807, 2.05) is 24.4 Å². The number of halogens is 1. The lowest BCUT2D eigenvalue weighted by atomic mass is 9.97. The normalized spacial score (nSPS) is 18.5. The molecule has 0 unspecified atom stereocenters. The van der Waals surface area contributed by atoms with Crippen LogP contribution in [0.15, 0.2) is 53.6 Å². The molecule has 10 nitrogen and oxygen atoms in total. The van der Waals surface area contributed by atoms with Crippen LogP contribution in [0.4, 0.5) is 27.3 Å². The van der Waals surface area contributed by atoms with Crippen LogP contribution in [0, 0.1) is 5.82 Å². The minimum atomic E-state index is -0.533. The third-order valence-corrected chi connectivity index (χ3v) is 9.73. The van der Waals surface area contributed by atoms with Crippen molar-refractivity contribution in [3.05, 3.63) is 87.5 Å². The van der Waals surface area contributed by atoms with Crippen molar-refractivity contribution in [2.45, 2.75) is 51.8 Å². The molecular formula is C35H40FN7O3. The lowest BCUT2D eigenvalue weighted by molar-refractivity contribution is 0.0964. The molecule has 1 amide bonds. The van der Waals surface area contributed by atoms with E-state index in [0.717, 1.165) is 51.0 Å². The standard InChI is InChI=1S/C35H40FN7O3/c1-22-19-39(2)10-11-41(22)26-8-9-33(37-18-26)38-29-14-24(20-40(3)34(29)45)27-16-25(36)17-31(28(27)21-44)43-13-12-42-30-7-5-4-6-23(30)15-32(42)35(43)46/h8-9,14-18,20,22,44H,4-7,10-13,19,21H2,1-3H3,(H,37,38)/t22-/m0/s1. The summed E-state index contributed by atoms with van der Waals surface area (Å²) < 4.78 is 18.9. The van der Waals surface area contributed by atoms with E-state index in [4.69, 9.17) is 0 Å². The zero-order chi connectivity index (χ0) is 32.1. The Morgan fingerprint density at radius 1 is 1.02 bits per heavy atom. The molecule has 1 aliphatic carbocycles. The number of nitrogens with one attached hydrogen (secondary N) is 1. The highest BCUT2D eigenvalue weighted by Crippen LogP contribution is 2.37. The highest BCUT2D eigenvalue weighted by Gasteiger charge is 2.32. The second-order valence-corrected chi connectivity index (χ2v) is 12.8. The van der Waals surface area contributed by atoms with Gasteiger partial charge in [0, 0.05) is 68.8 Å². The largest absolute Gasteiger partial charge is 0.392 e. The minimum absolute atomic E-state index is 0.199. The first kappa shape index (κ1) is 30.2. The number of anilines is 4. The van der Waals surface area contributed by atoms with Crippen molar-refractivity contribution in [2.24, 2.45) is 7.05 Å². The van der Waals surface area contributed by atoms with Gasteiger partial charge in [0.15, 0.2) is 0 Å². The first-order chi connectivity index (χ1) is 22.2. The van der Waals surface area contributed by atoms with Gasteiger partial charge in [-0.3, -0.25) is 9.59 Å². The monoisotopic (exact) mass is 625 g/mol. The maximum absolute atomic E-state index is 15.3. The molecule has 3 aliphatic rings. The lowest BCUT2D eigenvalue weighted by Crippen LogP contribution is -2.50. The van der Waals surface area contributed by atoms with Crippen molar-refractivity contribution in [1.82, 2.24) is 19.0 Å². The average molecular weight is 626 g/mol. The molecule has 7 rings (SSSR count). The Bertz CT molecular complexity index is 1870. The van der Waals surface area contributed by atoms with E-state index in [9.17, 15) is 14.7 Å². The zero-order valence-electron chi connectivity index (χ0n) is 26.6. The SMILES string of the molecule is C[C@H]1CN(C)CCN1c1ccc(Nc2cc(-c3cc(F)cc(N4CCn5c(cc6c5CCCC6)C4=O)c3CO)cn(C)c2=O)nc1. The number of carbonyl (C=O) groups excluding carboxylic acids is 1. The summed E-state index contributed by atoms with van der Waals surface area (Å²) in [5, 5.41) is 13.8. The molecule has 3 aromatic heterocycles. The Morgan fingerprint density at radius 3 is 2.61 bits per heavy atom. The molecule has 5 heterocycles. The van der Waals surface area contributed by atoms with Gasteiger partial charge in [-0.1, -0.05) is 0 Å². The number of benzene rings is 1. The van der Waals surface area contributed by atoms with Gasteiger partial charge in [0.1, 0.15) is 23.0 Å². The second-order valence-electron chi connectivity index (χ2n) is 12.8. The smallest absolute Gasteiger partial charge is 0.274 e. The summed E-state index contributed by atoms with van der Waals surface area (Å²) in [7, 11) is 3.75. The van der Waals surface area contributed by atoms with Gasteiger partial charge in [-0.05, 0) is 87.2 Å². The van der Waals surface area contributed by atoms with Gasteiger partial charge in [-0.2, -0.15) is 0 Å². The van der Waals surface area contributed by atoms with Crippen molar-refractivity contribution in [1.29, 1.82) is 0 Å².